The molecular formula is C6H11O5P. The van der Waals surface area contributed by atoms with Crippen LogP contribution in [-0.2, 0) is 18.5 Å². The zero-order valence-corrected chi connectivity index (χ0v) is 7.40. The fraction of sp³-hybridized carbons (Fsp3) is 1.00. The molecular weight excluding hydrogens is 183 g/mol. The van der Waals surface area contributed by atoms with Gasteiger partial charge < -0.3 is 23.4 Å². The smallest absolute Gasteiger partial charge is 0.330 e. The summed E-state index contributed by atoms with van der Waals surface area (Å²) >= 11 is 0. The Hall–Kier alpha value is 0.230. The molecule has 0 saturated carbocycles. The third kappa shape index (κ3) is 3.31. The zero-order valence-electron chi connectivity index (χ0n) is 6.51. The van der Waals surface area contributed by atoms with Gasteiger partial charge in [-0.15, -0.1) is 0 Å². The van der Waals surface area contributed by atoms with Crippen LogP contribution in [0.2, 0.25) is 0 Å². The third-order valence-electron chi connectivity index (χ3n) is 1.55. The predicted octanol–water partition coefficient (Wildman–Crippen LogP) is 0.0364. The largest absolute Gasteiger partial charge is 0.371 e. The number of rotatable bonds is 6. The fourth-order valence-corrected chi connectivity index (χ4v) is 1.32. The second-order valence-electron chi connectivity index (χ2n) is 2.74. The molecule has 2 heterocycles. The number of hydrogen-bond acceptors (Lipinski definition) is 5. The second-order valence-corrected chi connectivity index (χ2v) is 3.73. The first-order valence-electron chi connectivity index (χ1n) is 3.82. The molecule has 0 radical (unpaired) electrons. The molecule has 2 aliphatic heterocycles. The highest BCUT2D eigenvalue weighted by Crippen LogP contribution is 2.35. The van der Waals surface area contributed by atoms with Crippen LogP contribution in [0.1, 0.15) is 0 Å². The third-order valence-corrected chi connectivity index (χ3v) is 2.29. The summed E-state index contributed by atoms with van der Waals surface area (Å²) in [5.41, 5.74) is 0. The summed E-state index contributed by atoms with van der Waals surface area (Å²) in [4.78, 5) is 9.11. The van der Waals surface area contributed by atoms with Crippen LogP contribution in [-0.4, -0.2) is 43.5 Å². The average Bonchev–Trinajstić information content (AvgIpc) is 2.89. The molecule has 2 atom stereocenters. The van der Waals surface area contributed by atoms with Crippen molar-refractivity contribution in [3.05, 3.63) is 0 Å². The maximum atomic E-state index is 9.11. The first-order valence-corrected chi connectivity index (χ1v) is 4.95. The molecule has 2 saturated heterocycles. The first kappa shape index (κ1) is 8.81. The molecule has 0 aliphatic carbocycles. The maximum absolute atomic E-state index is 9.11. The SMILES string of the molecule is OP(OCC1CO1)OCC1CO1. The monoisotopic (exact) mass is 194 g/mol. The molecule has 0 spiro atoms. The van der Waals surface area contributed by atoms with E-state index in [-0.39, 0.29) is 12.2 Å². The van der Waals surface area contributed by atoms with Crippen molar-refractivity contribution in [2.24, 2.45) is 0 Å². The van der Waals surface area contributed by atoms with Crippen LogP contribution in [0.25, 0.3) is 0 Å². The van der Waals surface area contributed by atoms with Gasteiger partial charge in [0.1, 0.15) is 12.2 Å². The molecule has 2 rings (SSSR count). The highest BCUT2D eigenvalue weighted by atomic mass is 31.2. The molecule has 0 aromatic heterocycles. The van der Waals surface area contributed by atoms with E-state index in [0.29, 0.717) is 13.2 Å². The summed E-state index contributed by atoms with van der Waals surface area (Å²) in [6.07, 6.45) is 0.339. The minimum absolute atomic E-state index is 0.169. The van der Waals surface area contributed by atoms with Gasteiger partial charge in [0.25, 0.3) is 0 Å². The van der Waals surface area contributed by atoms with Gasteiger partial charge in [-0.05, 0) is 0 Å². The lowest BCUT2D eigenvalue weighted by atomic mass is 10.5. The first-order chi connectivity index (χ1) is 5.84. The molecule has 1 N–H and O–H groups in total. The highest BCUT2D eigenvalue weighted by Gasteiger charge is 2.27. The van der Waals surface area contributed by atoms with E-state index >= 15 is 0 Å². The molecule has 2 aliphatic rings. The molecule has 6 heteroatoms. The van der Waals surface area contributed by atoms with Crippen LogP contribution in [0.4, 0.5) is 0 Å². The maximum Gasteiger partial charge on any atom is 0.330 e. The van der Waals surface area contributed by atoms with Gasteiger partial charge in [-0.3, -0.25) is 0 Å². The molecule has 0 aromatic rings. The van der Waals surface area contributed by atoms with Gasteiger partial charge in [-0.2, -0.15) is 0 Å². The Morgan fingerprint density at radius 1 is 1.17 bits per heavy atom. The van der Waals surface area contributed by atoms with Crippen LogP contribution >= 0.6 is 8.60 Å². The molecule has 70 valence electrons. The van der Waals surface area contributed by atoms with E-state index < -0.39 is 8.60 Å². The van der Waals surface area contributed by atoms with Gasteiger partial charge in [0, 0.05) is 0 Å². The van der Waals surface area contributed by atoms with Crippen molar-refractivity contribution in [2.75, 3.05) is 26.4 Å². The Labute approximate surface area is 71.6 Å². The normalized spacial score (nSPS) is 34.8. The van der Waals surface area contributed by atoms with Crippen molar-refractivity contribution >= 4 is 8.60 Å². The van der Waals surface area contributed by atoms with E-state index in [4.69, 9.17) is 23.4 Å². The Balaban J connectivity index is 1.47. The zero-order chi connectivity index (χ0) is 8.39. The van der Waals surface area contributed by atoms with E-state index in [1.165, 1.54) is 0 Å². The summed E-state index contributed by atoms with van der Waals surface area (Å²) in [6.45, 7) is 2.31. The van der Waals surface area contributed by atoms with Gasteiger partial charge in [0.05, 0.1) is 26.4 Å². The van der Waals surface area contributed by atoms with Gasteiger partial charge in [-0.25, -0.2) is 0 Å². The van der Waals surface area contributed by atoms with Crippen molar-refractivity contribution in [1.29, 1.82) is 0 Å². The summed E-state index contributed by atoms with van der Waals surface area (Å²) < 4.78 is 19.7. The van der Waals surface area contributed by atoms with Gasteiger partial charge in [-0.1, -0.05) is 0 Å². The van der Waals surface area contributed by atoms with Crippen molar-refractivity contribution in [3.63, 3.8) is 0 Å². The summed E-state index contributed by atoms with van der Waals surface area (Å²) in [5, 5.41) is 0. The summed E-state index contributed by atoms with van der Waals surface area (Å²) in [5.74, 6) is 0. The van der Waals surface area contributed by atoms with Crippen LogP contribution in [0, 0.1) is 0 Å². The Morgan fingerprint density at radius 3 is 1.92 bits per heavy atom. The Kier molecular flexibility index (Phi) is 2.91. The van der Waals surface area contributed by atoms with Crippen molar-refractivity contribution in [1.82, 2.24) is 0 Å². The molecule has 12 heavy (non-hydrogen) atoms. The number of ether oxygens (including phenoxy) is 2. The van der Waals surface area contributed by atoms with E-state index in [2.05, 4.69) is 0 Å². The molecule has 0 amide bonds. The lowest BCUT2D eigenvalue weighted by Crippen LogP contribution is -2.02. The number of epoxide rings is 2. The lowest BCUT2D eigenvalue weighted by Gasteiger charge is -2.07. The quantitative estimate of drug-likeness (QED) is 0.477. The standard InChI is InChI=1S/C6H11O5P/c7-12(10-3-5-1-8-5)11-4-6-2-9-6/h5-7H,1-4H2. The summed E-state index contributed by atoms with van der Waals surface area (Å²) in [6, 6.07) is 0. The fourth-order valence-electron chi connectivity index (χ4n) is 0.660. The minimum atomic E-state index is -1.73. The molecule has 5 nitrogen and oxygen atoms in total. The molecule has 2 unspecified atom stereocenters. The molecule has 0 bridgehead atoms. The molecule has 0 aromatic carbocycles. The lowest BCUT2D eigenvalue weighted by molar-refractivity contribution is 0.174. The van der Waals surface area contributed by atoms with E-state index in [9.17, 15) is 0 Å². The van der Waals surface area contributed by atoms with Gasteiger partial charge >= 0.3 is 8.60 Å². The predicted molar refractivity (Wildman–Crippen MR) is 40.5 cm³/mol. The second kappa shape index (κ2) is 3.96. The molecule has 2 fully saturated rings. The van der Waals surface area contributed by atoms with Crippen molar-refractivity contribution in [3.8, 4) is 0 Å². The summed E-state index contributed by atoms with van der Waals surface area (Å²) in [7, 11) is -1.73. The highest BCUT2D eigenvalue weighted by molar-refractivity contribution is 7.40. The van der Waals surface area contributed by atoms with Gasteiger partial charge in [0.2, 0.25) is 0 Å². The van der Waals surface area contributed by atoms with Crippen LogP contribution in [0.15, 0.2) is 0 Å². The number of hydrogen-bond donors (Lipinski definition) is 1. The Morgan fingerprint density at radius 2 is 1.58 bits per heavy atom. The average molecular weight is 194 g/mol. The van der Waals surface area contributed by atoms with Crippen molar-refractivity contribution in [2.45, 2.75) is 12.2 Å². The van der Waals surface area contributed by atoms with Crippen molar-refractivity contribution < 1.29 is 23.4 Å². The Bertz CT molecular complexity index is 131. The minimum Gasteiger partial charge on any atom is -0.371 e. The van der Waals surface area contributed by atoms with E-state index in [1.54, 1.807) is 0 Å². The van der Waals surface area contributed by atoms with E-state index in [1.807, 2.05) is 0 Å². The topological polar surface area (TPSA) is 63.8 Å². The van der Waals surface area contributed by atoms with Crippen LogP contribution in [0.3, 0.4) is 0 Å². The van der Waals surface area contributed by atoms with Crippen LogP contribution < -0.4 is 0 Å². The van der Waals surface area contributed by atoms with Gasteiger partial charge in [0.15, 0.2) is 0 Å². The van der Waals surface area contributed by atoms with E-state index in [0.717, 1.165) is 13.2 Å². The van der Waals surface area contributed by atoms with Crippen LogP contribution in [0.5, 0.6) is 0 Å².